The van der Waals surface area contributed by atoms with Crippen LogP contribution in [0, 0.1) is 0 Å². The third-order valence-electron chi connectivity index (χ3n) is 5.34. The van der Waals surface area contributed by atoms with Gasteiger partial charge in [0.2, 0.25) is 10.0 Å². The van der Waals surface area contributed by atoms with E-state index in [4.69, 9.17) is 21.1 Å². The Hall–Kier alpha value is -2.13. The molecule has 2 aromatic rings. The lowest BCUT2D eigenvalue weighted by atomic mass is 10.1. The van der Waals surface area contributed by atoms with Crippen molar-refractivity contribution in [3.05, 3.63) is 53.1 Å². The Balaban J connectivity index is 1.45. The van der Waals surface area contributed by atoms with Crippen molar-refractivity contribution in [2.75, 3.05) is 37.8 Å². The second kappa shape index (κ2) is 8.55. The molecule has 0 unspecified atom stereocenters. The van der Waals surface area contributed by atoms with Gasteiger partial charge in [-0.05, 0) is 43.2 Å². The lowest BCUT2D eigenvalue weighted by Gasteiger charge is -2.26. The van der Waals surface area contributed by atoms with Crippen LogP contribution >= 0.6 is 11.6 Å². The average molecular weight is 451 g/mol. The summed E-state index contributed by atoms with van der Waals surface area (Å²) in [5.41, 5.74) is 2.03. The highest BCUT2D eigenvalue weighted by Gasteiger charge is 2.31. The van der Waals surface area contributed by atoms with E-state index in [1.54, 1.807) is 4.90 Å². The summed E-state index contributed by atoms with van der Waals surface area (Å²) in [6.07, 6.45) is 0.802. The van der Waals surface area contributed by atoms with Crippen LogP contribution in [-0.2, 0) is 26.0 Å². The van der Waals surface area contributed by atoms with Crippen molar-refractivity contribution >= 4 is 33.2 Å². The maximum atomic E-state index is 12.8. The molecule has 0 spiro atoms. The van der Waals surface area contributed by atoms with E-state index in [-0.39, 0.29) is 34.2 Å². The van der Waals surface area contributed by atoms with Crippen LogP contribution in [0.25, 0.3) is 0 Å². The fourth-order valence-corrected chi connectivity index (χ4v) is 5.58. The summed E-state index contributed by atoms with van der Waals surface area (Å²) in [7, 11) is -3.65. The molecule has 1 atom stereocenters. The van der Waals surface area contributed by atoms with Gasteiger partial charge in [0.1, 0.15) is 5.75 Å². The Morgan fingerprint density at radius 2 is 1.93 bits per heavy atom. The molecule has 160 valence electrons. The molecule has 2 aromatic carbocycles. The minimum absolute atomic E-state index is 0.0509. The highest BCUT2D eigenvalue weighted by Crippen LogP contribution is 2.33. The molecule has 4 rings (SSSR count). The molecule has 0 bridgehead atoms. The standard InChI is InChI=1S/C21H23ClN2O5S/c1-15-12-16-4-2-3-5-19(16)24(15)21(25)14-29-20-7-6-17(13-18(20)22)30(26,27)23-8-10-28-11-9-23/h2-7,13,15H,8-12,14H2,1H3/t15-/m0/s1. The van der Waals surface area contributed by atoms with Gasteiger partial charge < -0.3 is 14.4 Å². The summed E-state index contributed by atoms with van der Waals surface area (Å²) in [5.74, 6) is 0.0969. The molecular weight excluding hydrogens is 428 g/mol. The van der Waals surface area contributed by atoms with E-state index in [0.29, 0.717) is 26.3 Å². The SMILES string of the molecule is C[C@H]1Cc2ccccc2N1C(=O)COc1ccc(S(=O)(=O)N2CCOCC2)cc1Cl. The van der Waals surface area contributed by atoms with E-state index in [9.17, 15) is 13.2 Å². The number of hydrogen-bond acceptors (Lipinski definition) is 5. The molecule has 1 fully saturated rings. The van der Waals surface area contributed by atoms with Gasteiger partial charge in [0.15, 0.2) is 6.61 Å². The first-order valence-electron chi connectivity index (χ1n) is 9.78. The van der Waals surface area contributed by atoms with Crippen LogP contribution < -0.4 is 9.64 Å². The molecule has 7 nitrogen and oxygen atoms in total. The number of morpholine rings is 1. The van der Waals surface area contributed by atoms with Crippen LogP contribution in [0.5, 0.6) is 5.75 Å². The number of rotatable bonds is 5. The van der Waals surface area contributed by atoms with Gasteiger partial charge in [-0.15, -0.1) is 0 Å². The first kappa shape index (κ1) is 21.1. The number of anilines is 1. The van der Waals surface area contributed by atoms with Crippen molar-refractivity contribution in [1.82, 2.24) is 4.31 Å². The number of sulfonamides is 1. The predicted octanol–water partition coefficient (Wildman–Crippen LogP) is 2.72. The van der Waals surface area contributed by atoms with Gasteiger partial charge in [0.05, 0.1) is 23.1 Å². The summed E-state index contributed by atoms with van der Waals surface area (Å²) in [5, 5.41) is 0.145. The monoisotopic (exact) mass is 450 g/mol. The molecule has 0 aromatic heterocycles. The van der Waals surface area contributed by atoms with Crippen LogP contribution in [0.1, 0.15) is 12.5 Å². The van der Waals surface area contributed by atoms with E-state index in [1.807, 2.05) is 31.2 Å². The van der Waals surface area contributed by atoms with Crippen molar-refractivity contribution in [3.63, 3.8) is 0 Å². The number of ether oxygens (including phenoxy) is 2. The van der Waals surface area contributed by atoms with Gasteiger partial charge in [-0.2, -0.15) is 4.31 Å². The number of halogens is 1. The minimum Gasteiger partial charge on any atom is -0.482 e. The number of nitrogens with zero attached hydrogens (tertiary/aromatic N) is 2. The molecule has 2 heterocycles. The number of carbonyl (C=O) groups excluding carboxylic acids is 1. The first-order valence-corrected chi connectivity index (χ1v) is 11.6. The number of para-hydroxylation sites is 1. The number of amides is 1. The lowest BCUT2D eigenvalue weighted by Crippen LogP contribution is -2.40. The maximum Gasteiger partial charge on any atom is 0.265 e. The lowest BCUT2D eigenvalue weighted by molar-refractivity contribution is -0.120. The molecule has 9 heteroatoms. The summed E-state index contributed by atoms with van der Waals surface area (Å²) in [4.78, 5) is 14.6. The summed E-state index contributed by atoms with van der Waals surface area (Å²) < 4.78 is 37.7. The van der Waals surface area contributed by atoms with E-state index >= 15 is 0 Å². The smallest absolute Gasteiger partial charge is 0.265 e. The van der Waals surface area contributed by atoms with Crippen LogP contribution in [0.4, 0.5) is 5.69 Å². The third kappa shape index (κ3) is 4.05. The number of hydrogen-bond donors (Lipinski definition) is 0. The van der Waals surface area contributed by atoms with Gasteiger partial charge >= 0.3 is 0 Å². The first-order chi connectivity index (χ1) is 14.4. The van der Waals surface area contributed by atoms with Crippen LogP contribution in [0.2, 0.25) is 5.02 Å². The molecule has 0 aliphatic carbocycles. The molecule has 1 saturated heterocycles. The summed E-state index contributed by atoms with van der Waals surface area (Å²) >= 11 is 6.27. The Bertz CT molecular complexity index is 1050. The Morgan fingerprint density at radius 1 is 1.20 bits per heavy atom. The zero-order valence-electron chi connectivity index (χ0n) is 16.6. The Morgan fingerprint density at radius 3 is 2.67 bits per heavy atom. The molecule has 1 amide bonds. The van der Waals surface area contributed by atoms with E-state index in [0.717, 1.165) is 17.7 Å². The second-order valence-corrected chi connectivity index (χ2v) is 9.69. The van der Waals surface area contributed by atoms with Crippen molar-refractivity contribution in [1.29, 1.82) is 0 Å². The Labute approximate surface area is 181 Å². The minimum atomic E-state index is -3.65. The van der Waals surface area contributed by atoms with Crippen molar-refractivity contribution in [3.8, 4) is 5.75 Å². The van der Waals surface area contributed by atoms with Gasteiger partial charge in [0.25, 0.3) is 5.91 Å². The molecule has 2 aliphatic rings. The molecule has 0 radical (unpaired) electrons. The molecule has 0 N–H and O–H groups in total. The number of fused-ring (bicyclic) bond motifs is 1. The van der Waals surface area contributed by atoms with Crippen molar-refractivity contribution < 1.29 is 22.7 Å². The average Bonchev–Trinajstić information content (AvgIpc) is 3.09. The molecular formula is C21H23ClN2O5S. The number of carbonyl (C=O) groups is 1. The second-order valence-electron chi connectivity index (χ2n) is 7.34. The molecule has 0 saturated carbocycles. The third-order valence-corrected chi connectivity index (χ3v) is 7.53. The van der Waals surface area contributed by atoms with Crippen LogP contribution in [-0.4, -0.2) is 57.6 Å². The van der Waals surface area contributed by atoms with Gasteiger partial charge in [-0.3, -0.25) is 4.79 Å². The topological polar surface area (TPSA) is 76.2 Å². The van der Waals surface area contributed by atoms with Crippen molar-refractivity contribution in [2.24, 2.45) is 0 Å². The zero-order valence-corrected chi connectivity index (χ0v) is 18.2. The van der Waals surface area contributed by atoms with Crippen LogP contribution in [0.3, 0.4) is 0 Å². The predicted molar refractivity (Wildman–Crippen MR) is 114 cm³/mol. The quantitative estimate of drug-likeness (QED) is 0.700. The largest absolute Gasteiger partial charge is 0.482 e. The van der Waals surface area contributed by atoms with E-state index in [1.165, 1.54) is 22.5 Å². The fourth-order valence-electron chi connectivity index (χ4n) is 3.85. The normalized spacial score (nSPS) is 19.5. The summed E-state index contributed by atoms with van der Waals surface area (Å²) in [6.45, 7) is 3.16. The highest BCUT2D eigenvalue weighted by atomic mass is 35.5. The highest BCUT2D eigenvalue weighted by molar-refractivity contribution is 7.89. The van der Waals surface area contributed by atoms with Gasteiger partial charge in [-0.1, -0.05) is 29.8 Å². The fraction of sp³-hybridized carbons (Fsp3) is 0.381. The maximum absolute atomic E-state index is 12.8. The Kier molecular flexibility index (Phi) is 6.02. The van der Waals surface area contributed by atoms with E-state index in [2.05, 4.69) is 0 Å². The zero-order chi connectivity index (χ0) is 21.3. The molecule has 30 heavy (non-hydrogen) atoms. The van der Waals surface area contributed by atoms with Gasteiger partial charge in [0, 0.05) is 24.8 Å². The van der Waals surface area contributed by atoms with Crippen LogP contribution in [0.15, 0.2) is 47.4 Å². The van der Waals surface area contributed by atoms with E-state index < -0.39 is 10.0 Å². The number of benzene rings is 2. The molecule has 2 aliphatic heterocycles. The van der Waals surface area contributed by atoms with Crippen molar-refractivity contribution in [2.45, 2.75) is 24.3 Å². The van der Waals surface area contributed by atoms with Gasteiger partial charge in [-0.25, -0.2) is 8.42 Å². The summed E-state index contributed by atoms with van der Waals surface area (Å²) in [6, 6.07) is 12.2.